The molecule has 6 heteroatoms. The molecule has 0 fully saturated rings. The zero-order valence-electron chi connectivity index (χ0n) is 26.8. The van der Waals surface area contributed by atoms with Gasteiger partial charge in [-0.1, -0.05) is 94.2 Å². The van der Waals surface area contributed by atoms with Crippen molar-refractivity contribution in [1.29, 1.82) is 10.5 Å². The molecule has 0 N–H and O–H groups in total. The Hall–Kier alpha value is -3.77. The summed E-state index contributed by atoms with van der Waals surface area (Å²) >= 11 is 0. The fourth-order valence-corrected chi connectivity index (χ4v) is 4.23. The van der Waals surface area contributed by atoms with Gasteiger partial charge in [0.2, 0.25) is 0 Å². The summed E-state index contributed by atoms with van der Waals surface area (Å²) in [7, 11) is 0. The molecule has 0 aliphatic heterocycles. The van der Waals surface area contributed by atoms with Crippen molar-refractivity contribution in [2.24, 2.45) is 11.8 Å². The van der Waals surface area contributed by atoms with E-state index in [1.807, 2.05) is 45.0 Å². The third-order valence-corrected chi connectivity index (χ3v) is 6.59. The van der Waals surface area contributed by atoms with E-state index < -0.39 is 11.6 Å². The van der Waals surface area contributed by atoms with Gasteiger partial charge in [0.25, 0.3) is 0 Å². The Morgan fingerprint density at radius 3 is 1.82 bits per heavy atom. The summed E-state index contributed by atoms with van der Waals surface area (Å²) in [6.07, 6.45) is 6.58. The van der Waals surface area contributed by atoms with Gasteiger partial charge < -0.3 is 4.74 Å². The fraction of sp³-hybridized carbons (Fsp3) is 0.487. The molecule has 0 bridgehead atoms. The average molecular weight is 625 g/mol. The van der Waals surface area contributed by atoms with Crippen molar-refractivity contribution in [3.05, 3.63) is 99.9 Å². The number of unbranched alkanes of at least 4 members (excludes halogenated alkanes) is 3. The zero-order valence-corrected chi connectivity index (χ0v) is 26.8. The zero-order chi connectivity index (χ0) is 32.4. The summed E-state index contributed by atoms with van der Waals surface area (Å²) in [5.41, 5.74) is 3.12. The molecule has 0 saturated carbocycles. The van der Waals surface area contributed by atoms with E-state index in [4.69, 9.17) is 15.3 Å². The van der Waals surface area contributed by atoms with Crippen LogP contribution in [0.5, 0.6) is 5.75 Å². The van der Waals surface area contributed by atoms with Crippen LogP contribution in [0, 0.1) is 58.9 Å². The molecule has 0 unspecified atom stereocenters. The largest absolute Gasteiger partial charge is 0.493 e. The number of benzene rings is 3. The van der Waals surface area contributed by atoms with E-state index in [-0.39, 0.29) is 32.2 Å². The van der Waals surface area contributed by atoms with Gasteiger partial charge in [0, 0.05) is 11.6 Å². The molecule has 0 heterocycles. The lowest BCUT2D eigenvalue weighted by atomic mass is 9.98. The van der Waals surface area contributed by atoms with Crippen molar-refractivity contribution in [2.45, 2.75) is 108 Å². The van der Waals surface area contributed by atoms with Gasteiger partial charge in [-0.25, -0.2) is 13.2 Å². The Kier molecular flexibility index (Phi) is 22.7. The number of hydrogen-bond donors (Lipinski definition) is 0. The van der Waals surface area contributed by atoms with Crippen LogP contribution in [0.2, 0.25) is 0 Å². The molecule has 248 valence electrons. The van der Waals surface area contributed by atoms with E-state index >= 15 is 0 Å². The number of halogens is 3. The van der Waals surface area contributed by atoms with Crippen LogP contribution < -0.4 is 4.74 Å². The Bertz CT molecular complexity index is 1300. The number of nitrogens with zero attached hydrogens (tertiary/aromatic N) is 2. The first-order valence-corrected chi connectivity index (χ1v) is 15.1. The quantitative estimate of drug-likeness (QED) is 0.199. The molecule has 0 aliphatic rings. The minimum atomic E-state index is -0.441. The summed E-state index contributed by atoms with van der Waals surface area (Å²) in [5.74, 6) is 1.01. The first kappa shape index (κ1) is 43.4. The first-order valence-electron chi connectivity index (χ1n) is 15.1. The van der Waals surface area contributed by atoms with Gasteiger partial charge in [0.1, 0.15) is 35.3 Å². The highest BCUT2D eigenvalue weighted by Crippen LogP contribution is 2.19. The van der Waals surface area contributed by atoms with Crippen molar-refractivity contribution in [3.8, 4) is 17.9 Å². The maximum Gasteiger partial charge on any atom is 0.129 e. The molecule has 3 rings (SSSR count). The summed E-state index contributed by atoms with van der Waals surface area (Å²) in [4.78, 5) is 0. The molecule has 0 aromatic heterocycles. The molecule has 0 atom stereocenters. The van der Waals surface area contributed by atoms with Crippen LogP contribution in [-0.2, 0) is 6.42 Å². The highest BCUT2D eigenvalue weighted by molar-refractivity contribution is 5.47. The lowest BCUT2D eigenvalue weighted by molar-refractivity contribution is 0.302. The number of ether oxygens (including phenoxy) is 1. The maximum atomic E-state index is 13.1. The normalized spacial score (nSPS) is 9.93. The lowest BCUT2D eigenvalue weighted by Crippen LogP contribution is -2.00. The maximum absolute atomic E-state index is 13.1. The Labute approximate surface area is 272 Å². The van der Waals surface area contributed by atoms with Crippen LogP contribution >= 0.6 is 0 Å². The number of hydrogen-bond acceptors (Lipinski definition) is 3. The highest BCUT2D eigenvalue weighted by Gasteiger charge is 2.09. The van der Waals surface area contributed by atoms with Crippen LogP contribution in [0.3, 0.4) is 0 Å². The molecular weight excluding hydrogens is 569 g/mol. The first-order chi connectivity index (χ1) is 20.4. The van der Waals surface area contributed by atoms with Crippen molar-refractivity contribution in [3.63, 3.8) is 0 Å². The van der Waals surface area contributed by atoms with E-state index in [0.29, 0.717) is 35.8 Å². The van der Waals surface area contributed by atoms with Gasteiger partial charge in [-0.05, 0) is 85.0 Å². The topological polar surface area (TPSA) is 56.8 Å². The molecule has 3 aromatic rings. The predicted octanol–water partition coefficient (Wildman–Crippen LogP) is 12.1. The van der Waals surface area contributed by atoms with Crippen LogP contribution in [0.15, 0.2) is 54.6 Å². The third-order valence-electron chi connectivity index (χ3n) is 6.59. The molecule has 3 aromatic carbocycles. The van der Waals surface area contributed by atoms with Crippen LogP contribution in [0.25, 0.3) is 0 Å². The Morgan fingerprint density at radius 1 is 0.711 bits per heavy atom. The third kappa shape index (κ3) is 18.0. The standard InChI is InChI=1S/C16H25FO.C11H10N2.C10H12F2.2CH4/c1-13(2)8-6-4-5-7-9-18-16-11-14(3)10-15(17)12-16;1-8(2)9-3-4-10(6-12)11(5-9)7-13;1-7(2)6-8-9(11)4-3-5-10(8)12;;/h10-13H,4-9H2,1-3H3;3-5,8H,1-2H3;3-5,7H,6H2,1-2H3;2*1H4. The average Bonchev–Trinajstić information content (AvgIpc) is 2.94. The molecule has 0 saturated heterocycles. The molecular formula is C39H55F3N2O. The van der Waals surface area contributed by atoms with Crippen molar-refractivity contribution < 1.29 is 17.9 Å². The van der Waals surface area contributed by atoms with Gasteiger partial charge in [-0.2, -0.15) is 10.5 Å². The molecule has 0 amide bonds. The Morgan fingerprint density at radius 2 is 1.31 bits per heavy atom. The number of rotatable bonds is 11. The monoisotopic (exact) mass is 624 g/mol. The van der Waals surface area contributed by atoms with Crippen molar-refractivity contribution in [2.75, 3.05) is 6.61 Å². The van der Waals surface area contributed by atoms with E-state index in [9.17, 15) is 13.2 Å². The fourth-order valence-electron chi connectivity index (χ4n) is 4.23. The molecule has 45 heavy (non-hydrogen) atoms. The van der Waals surface area contributed by atoms with Crippen molar-refractivity contribution >= 4 is 0 Å². The van der Waals surface area contributed by atoms with Gasteiger partial charge in [0.05, 0.1) is 17.7 Å². The van der Waals surface area contributed by atoms with Gasteiger partial charge in [-0.15, -0.1) is 0 Å². The molecule has 0 spiro atoms. The minimum absolute atomic E-state index is 0. The molecule has 3 nitrogen and oxygen atoms in total. The smallest absolute Gasteiger partial charge is 0.129 e. The second kappa shape index (κ2) is 23.6. The molecule has 0 aliphatic carbocycles. The molecule has 0 radical (unpaired) electrons. The van der Waals surface area contributed by atoms with Crippen molar-refractivity contribution in [1.82, 2.24) is 0 Å². The lowest BCUT2D eigenvalue weighted by Gasteiger charge is -2.07. The summed E-state index contributed by atoms with van der Waals surface area (Å²) < 4.78 is 44.6. The van der Waals surface area contributed by atoms with Gasteiger partial charge in [-0.3, -0.25) is 0 Å². The summed E-state index contributed by atoms with van der Waals surface area (Å²) in [6.45, 7) is 15.1. The van der Waals surface area contributed by atoms with Crippen LogP contribution in [0.1, 0.15) is 122 Å². The second-order valence-electron chi connectivity index (χ2n) is 11.9. The highest BCUT2D eigenvalue weighted by atomic mass is 19.1. The van der Waals surface area contributed by atoms with E-state index in [0.717, 1.165) is 23.5 Å². The SMILES string of the molecule is C.C.CC(C)Cc1c(F)cccc1F.CC(C)c1ccc(C#N)c(C#N)c1.Cc1cc(F)cc(OCCCCCCC(C)C)c1. The Balaban J connectivity index is 0. The van der Waals surface area contributed by atoms with Crippen LogP contribution in [0.4, 0.5) is 13.2 Å². The van der Waals surface area contributed by atoms with E-state index in [2.05, 4.69) is 27.7 Å². The predicted molar refractivity (Wildman–Crippen MR) is 183 cm³/mol. The van der Waals surface area contributed by atoms with Crippen LogP contribution in [-0.4, -0.2) is 6.61 Å². The van der Waals surface area contributed by atoms with Gasteiger partial charge >= 0.3 is 0 Å². The second-order valence-corrected chi connectivity index (χ2v) is 11.9. The minimum Gasteiger partial charge on any atom is -0.493 e. The summed E-state index contributed by atoms with van der Waals surface area (Å²) in [6, 6.07) is 18.2. The summed E-state index contributed by atoms with van der Waals surface area (Å²) in [5, 5.41) is 17.4. The van der Waals surface area contributed by atoms with E-state index in [1.165, 1.54) is 56.0 Å². The number of nitriles is 2. The van der Waals surface area contributed by atoms with Gasteiger partial charge in [0.15, 0.2) is 0 Å². The number of aryl methyl sites for hydroxylation is 1. The van der Waals surface area contributed by atoms with E-state index in [1.54, 1.807) is 12.1 Å².